The molecule has 11 heavy (non-hydrogen) atoms. The van der Waals surface area contributed by atoms with Crippen LogP contribution in [0.4, 0.5) is 0 Å². The van der Waals surface area contributed by atoms with Gasteiger partial charge in [-0.15, -0.1) is 11.7 Å². The molecule has 0 aliphatic heterocycles. The minimum absolute atomic E-state index is 0.167. The van der Waals surface area contributed by atoms with E-state index in [1.165, 1.54) is 18.4 Å². The monoisotopic (exact) mass is 186 g/mol. The van der Waals surface area contributed by atoms with Crippen LogP contribution >= 0.6 is 22.5 Å². The van der Waals surface area contributed by atoms with Gasteiger partial charge in [0.1, 0.15) is 0 Å². The van der Waals surface area contributed by atoms with Crippen LogP contribution in [-0.2, 0) is 0 Å². The van der Waals surface area contributed by atoms with Gasteiger partial charge in [0.25, 0.3) is 0 Å². The zero-order valence-electron chi connectivity index (χ0n) is 7.00. The Morgan fingerprint density at radius 2 is 2.18 bits per heavy atom. The van der Waals surface area contributed by atoms with E-state index in [0.29, 0.717) is 0 Å². The molecule has 0 aromatic rings. The zero-order valence-corrected chi connectivity index (χ0v) is 8.71. The first kappa shape index (κ1) is 9.27. The summed E-state index contributed by atoms with van der Waals surface area (Å²) in [5.41, 5.74) is 1.41. The maximum atomic E-state index is 4.25. The minimum atomic E-state index is 0.167. The molecule has 0 spiro atoms. The maximum Gasteiger partial charge on any atom is 0.0449 e. The van der Waals surface area contributed by atoms with Gasteiger partial charge >= 0.3 is 0 Å². The van der Waals surface area contributed by atoms with Gasteiger partial charge in [0.2, 0.25) is 0 Å². The summed E-state index contributed by atoms with van der Waals surface area (Å²) in [5, 5.41) is 0. The van der Waals surface area contributed by atoms with Crippen LogP contribution in [0.25, 0.3) is 0 Å². The first-order valence-electron chi connectivity index (χ1n) is 3.86. The third-order valence-electron chi connectivity index (χ3n) is 1.92. The average molecular weight is 186 g/mol. The molecule has 0 radical (unpaired) electrons. The fourth-order valence-electron chi connectivity index (χ4n) is 1.11. The van der Waals surface area contributed by atoms with Gasteiger partial charge in [-0.1, -0.05) is 29.0 Å². The summed E-state index contributed by atoms with van der Waals surface area (Å²) in [7, 11) is 1.61. The topological polar surface area (TPSA) is 0 Å². The largest absolute Gasteiger partial charge is 0.110 e. The van der Waals surface area contributed by atoms with Crippen molar-refractivity contribution in [3.63, 3.8) is 0 Å². The van der Waals surface area contributed by atoms with E-state index in [4.69, 9.17) is 0 Å². The van der Waals surface area contributed by atoms with Crippen LogP contribution in [0.1, 0.15) is 26.7 Å². The summed E-state index contributed by atoms with van der Waals surface area (Å²) >= 11 is 4.25. The Balaban J connectivity index is 2.73. The second-order valence-corrected chi connectivity index (χ2v) is 4.99. The Kier molecular flexibility index (Phi) is 3.14. The van der Waals surface area contributed by atoms with Gasteiger partial charge in [-0.2, -0.15) is 0 Å². The van der Waals surface area contributed by atoms with Gasteiger partial charge < -0.3 is 0 Å². The molecule has 0 aromatic carbocycles. The standard InChI is InChI=1S/C9H14S2/c1-9(2,11-10)8-6-4-3-5-7-8/h4,6-7,10H,3,5H2,1-2H3. The van der Waals surface area contributed by atoms with Crippen molar-refractivity contribution in [2.75, 3.05) is 0 Å². The second kappa shape index (κ2) is 3.72. The molecule has 0 bridgehead atoms. The lowest BCUT2D eigenvalue weighted by atomic mass is 9.96. The molecule has 0 saturated heterocycles. The van der Waals surface area contributed by atoms with Crippen molar-refractivity contribution < 1.29 is 0 Å². The third-order valence-corrected chi connectivity index (χ3v) is 3.98. The molecule has 0 unspecified atom stereocenters. The highest BCUT2D eigenvalue weighted by atomic mass is 33.1. The molecule has 0 atom stereocenters. The van der Waals surface area contributed by atoms with E-state index in [2.05, 4.69) is 43.7 Å². The number of allylic oxidation sites excluding steroid dienone is 3. The Morgan fingerprint density at radius 1 is 1.45 bits per heavy atom. The highest BCUT2D eigenvalue weighted by molar-refractivity contribution is 8.69. The lowest BCUT2D eigenvalue weighted by molar-refractivity contribution is 0.837. The SMILES string of the molecule is CC(C)(SS)C1=CCCC=C1. The van der Waals surface area contributed by atoms with Crippen molar-refractivity contribution in [1.29, 1.82) is 0 Å². The summed E-state index contributed by atoms with van der Waals surface area (Å²) < 4.78 is 0.167. The normalized spacial score (nSPS) is 18.3. The predicted octanol–water partition coefficient (Wildman–Crippen LogP) is 3.62. The fraction of sp³-hybridized carbons (Fsp3) is 0.556. The van der Waals surface area contributed by atoms with Gasteiger partial charge in [0.15, 0.2) is 0 Å². The number of hydrogen-bond acceptors (Lipinski definition) is 2. The van der Waals surface area contributed by atoms with E-state index < -0.39 is 0 Å². The summed E-state index contributed by atoms with van der Waals surface area (Å²) in [4.78, 5) is 0. The lowest BCUT2D eigenvalue weighted by Crippen LogP contribution is -2.15. The average Bonchev–Trinajstić information content (AvgIpc) is 2.06. The van der Waals surface area contributed by atoms with Crippen LogP contribution in [0, 0.1) is 0 Å². The molecule has 62 valence electrons. The van der Waals surface area contributed by atoms with Crippen LogP contribution < -0.4 is 0 Å². The van der Waals surface area contributed by atoms with Gasteiger partial charge in [-0.25, -0.2) is 0 Å². The molecule has 0 saturated carbocycles. The first-order chi connectivity index (χ1) is 5.17. The van der Waals surface area contributed by atoms with E-state index >= 15 is 0 Å². The van der Waals surface area contributed by atoms with Crippen LogP contribution in [0.2, 0.25) is 0 Å². The first-order valence-corrected chi connectivity index (χ1v) is 5.73. The van der Waals surface area contributed by atoms with Crippen molar-refractivity contribution in [2.45, 2.75) is 31.4 Å². The number of rotatable bonds is 2. The van der Waals surface area contributed by atoms with Crippen LogP contribution in [0.5, 0.6) is 0 Å². The molecule has 1 rings (SSSR count). The van der Waals surface area contributed by atoms with Crippen LogP contribution in [0.3, 0.4) is 0 Å². The molecular formula is C9H14S2. The summed E-state index contributed by atoms with van der Waals surface area (Å²) in [5.74, 6) is 0. The summed E-state index contributed by atoms with van der Waals surface area (Å²) in [6, 6.07) is 0. The Labute approximate surface area is 78.0 Å². The quantitative estimate of drug-likeness (QED) is 0.507. The zero-order chi connectivity index (χ0) is 8.32. The molecule has 0 aromatic heterocycles. The Bertz CT molecular complexity index is 190. The molecule has 0 fully saturated rings. The predicted molar refractivity (Wildman–Crippen MR) is 57.1 cm³/mol. The van der Waals surface area contributed by atoms with E-state index in [-0.39, 0.29) is 4.75 Å². The second-order valence-electron chi connectivity index (χ2n) is 3.24. The van der Waals surface area contributed by atoms with E-state index in [1.807, 2.05) is 0 Å². The van der Waals surface area contributed by atoms with Crippen molar-refractivity contribution >= 4 is 22.5 Å². The molecular weight excluding hydrogens is 172 g/mol. The van der Waals surface area contributed by atoms with E-state index in [1.54, 1.807) is 10.8 Å². The molecule has 1 aliphatic rings. The highest BCUT2D eigenvalue weighted by Gasteiger charge is 2.20. The Morgan fingerprint density at radius 3 is 2.64 bits per heavy atom. The molecule has 1 aliphatic carbocycles. The summed E-state index contributed by atoms with van der Waals surface area (Å²) in [6.45, 7) is 4.40. The smallest absolute Gasteiger partial charge is 0.0449 e. The van der Waals surface area contributed by atoms with Gasteiger partial charge in [-0.3, -0.25) is 0 Å². The lowest BCUT2D eigenvalue weighted by Gasteiger charge is -2.24. The van der Waals surface area contributed by atoms with Crippen molar-refractivity contribution in [2.24, 2.45) is 0 Å². The van der Waals surface area contributed by atoms with Crippen molar-refractivity contribution in [3.05, 3.63) is 23.8 Å². The van der Waals surface area contributed by atoms with E-state index in [9.17, 15) is 0 Å². The number of thiol groups is 1. The molecule has 0 heterocycles. The highest BCUT2D eigenvalue weighted by Crippen LogP contribution is 2.36. The van der Waals surface area contributed by atoms with Crippen LogP contribution in [-0.4, -0.2) is 4.75 Å². The summed E-state index contributed by atoms with van der Waals surface area (Å²) in [6.07, 6.45) is 9.14. The minimum Gasteiger partial charge on any atom is -0.110 e. The van der Waals surface area contributed by atoms with Crippen molar-refractivity contribution in [1.82, 2.24) is 0 Å². The molecule has 0 nitrogen and oxygen atoms in total. The fourth-order valence-corrected chi connectivity index (χ4v) is 1.69. The van der Waals surface area contributed by atoms with Gasteiger partial charge in [-0.05, 0) is 32.3 Å². The van der Waals surface area contributed by atoms with Gasteiger partial charge in [0, 0.05) is 4.75 Å². The maximum absolute atomic E-state index is 4.25. The third kappa shape index (κ3) is 2.31. The van der Waals surface area contributed by atoms with Crippen LogP contribution in [0.15, 0.2) is 23.8 Å². The molecule has 0 amide bonds. The molecule has 0 N–H and O–H groups in total. The molecule has 2 heteroatoms. The van der Waals surface area contributed by atoms with E-state index in [0.717, 1.165) is 0 Å². The van der Waals surface area contributed by atoms with Crippen molar-refractivity contribution in [3.8, 4) is 0 Å². The van der Waals surface area contributed by atoms with Gasteiger partial charge in [0.05, 0.1) is 0 Å². The number of hydrogen-bond donors (Lipinski definition) is 1. The Hall–Kier alpha value is 0.180.